The number of rotatable bonds is 6. The Kier molecular flexibility index (Phi) is 5.99. The normalized spacial score (nSPS) is 10.5. The van der Waals surface area contributed by atoms with Crippen molar-refractivity contribution in [3.63, 3.8) is 0 Å². The smallest absolute Gasteiger partial charge is 0.0202 e. The fraction of sp³-hybridized carbons (Fsp3) is 0.0714. The lowest BCUT2D eigenvalue weighted by Crippen LogP contribution is -2.05. The molecule has 0 atom stereocenters. The molecule has 0 fully saturated rings. The fourth-order valence-corrected chi connectivity index (χ4v) is 3.72. The van der Waals surface area contributed by atoms with Gasteiger partial charge < -0.3 is 5.32 Å². The van der Waals surface area contributed by atoms with Gasteiger partial charge in [0, 0.05) is 6.54 Å². The molecule has 4 aromatic rings. The second-order valence-corrected chi connectivity index (χ2v) is 7.08. The maximum absolute atomic E-state index is 3.23. The predicted octanol–water partition coefficient (Wildman–Crippen LogP) is 6.41. The Hall–Kier alpha value is -3.42. The molecule has 0 unspecified atom stereocenters. The van der Waals surface area contributed by atoms with Crippen molar-refractivity contribution in [1.29, 1.82) is 0 Å². The summed E-state index contributed by atoms with van der Waals surface area (Å²) in [5.74, 6) is 0. The van der Waals surface area contributed by atoms with E-state index in [0.29, 0.717) is 0 Å². The molecule has 4 rings (SSSR count). The van der Waals surface area contributed by atoms with Gasteiger partial charge in [0.25, 0.3) is 0 Å². The van der Waals surface area contributed by atoms with Crippen LogP contribution in [0.3, 0.4) is 0 Å². The van der Waals surface area contributed by atoms with Crippen molar-refractivity contribution in [2.24, 2.45) is 0 Å². The van der Waals surface area contributed by atoms with Crippen LogP contribution in [-0.2, 0) is 6.54 Å². The maximum atomic E-state index is 3.23. The van der Waals surface area contributed by atoms with Crippen LogP contribution in [0.1, 0.15) is 27.8 Å². The molecule has 4 aromatic carbocycles. The molecule has 0 heterocycles. The molecule has 0 bridgehead atoms. The molecule has 0 aliphatic rings. The van der Waals surface area contributed by atoms with Crippen molar-refractivity contribution in [2.75, 3.05) is 7.05 Å². The molecule has 1 nitrogen and oxygen atoms in total. The molecule has 0 spiro atoms. The number of hydrogen-bond acceptors (Lipinski definition) is 1. The van der Waals surface area contributed by atoms with Crippen molar-refractivity contribution in [3.8, 4) is 0 Å². The van der Waals surface area contributed by atoms with Crippen LogP contribution >= 0.6 is 0 Å². The van der Waals surface area contributed by atoms with E-state index in [4.69, 9.17) is 0 Å². The third kappa shape index (κ3) is 4.37. The number of nitrogens with one attached hydrogen (secondary N) is 1. The average Bonchev–Trinajstić information content (AvgIpc) is 2.80. The summed E-state index contributed by atoms with van der Waals surface area (Å²) in [6, 6.07) is 40.9. The van der Waals surface area contributed by atoms with E-state index in [1.807, 2.05) is 7.05 Å². The van der Waals surface area contributed by atoms with Crippen LogP contribution in [0.5, 0.6) is 0 Å². The van der Waals surface area contributed by atoms with Gasteiger partial charge in [0.1, 0.15) is 0 Å². The Morgan fingerprint density at radius 2 is 0.828 bits per heavy atom. The Morgan fingerprint density at radius 3 is 1.17 bits per heavy atom. The number of benzene rings is 4. The first-order chi connectivity index (χ1) is 14.4. The van der Waals surface area contributed by atoms with Crippen molar-refractivity contribution in [2.45, 2.75) is 6.54 Å². The van der Waals surface area contributed by atoms with E-state index < -0.39 is 0 Å². The SMILES string of the molecule is CNCc1ccc(C(=C(c2ccccc2)c2ccccc2)c2ccccc2)cc1. The minimum atomic E-state index is 0.870. The third-order valence-corrected chi connectivity index (χ3v) is 5.06. The monoisotopic (exact) mass is 375 g/mol. The quantitative estimate of drug-likeness (QED) is 0.384. The van der Waals surface area contributed by atoms with Crippen LogP contribution in [0, 0.1) is 0 Å². The van der Waals surface area contributed by atoms with Gasteiger partial charge in [-0.05, 0) is 46.0 Å². The summed E-state index contributed by atoms with van der Waals surface area (Å²) >= 11 is 0. The molecule has 0 saturated carbocycles. The Balaban J connectivity index is 2.01. The lowest BCUT2D eigenvalue weighted by molar-refractivity contribution is 0.818. The summed E-state index contributed by atoms with van der Waals surface area (Å²) in [5.41, 5.74) is 8.66. The summed E-state index contributed by atoms with van der Waals surface area (Å²) in [4.78, 5) is 0. The zero-order chi connectivity index (χ0) is 19.9. The van der Waals surface area contributed by atoms with Gasteiger partial charge in [0.15, 0.2) is 0 Å². The van der Waals surface area contributed by atoms with E-state index in [1.54, 1.807) is 0 Å². The van der Waals surface area contributed by atoms with Gasteiger partial charge in [0.05, 0.1) is 0 Å². The van der Waals surface area contributed by atoms with Gasteiger partial charge in [0.2, 0.25) is 0 Å². The van der Waals surface area contributed by atoms with Crippen molar-refractivity contribution < 1.29 is 0 Å². The largest absolute Gasteiger partial charge is 0.316 e. The lowest BCUT2D eigenvalue weighted by Gasteiger charge is -2.18. The maximum Gasteiger partial charge on any atom is 0.0202 e. The highest BCUT2D eigenvalue weighted by molar-refractivity contribution is 6.04. The zero-order valence-electron chi connectivity index (χ0n) is 16.7. The first kappa shape index (κ1) is 18.9. The minimum absolute atomic E-state index is 0.870. The van der Waals surface area contributed by atoms with Crippen LogP contribution < -0.4 is 5.32 Å². The van der Waals surface area contributed by atoms with E-state index in [0.717, 1.165) is 6.54 Å². The van der Waals surface area contributed by atoms with Crippen LogP contribution in [-0.4, -0.2) is 7.05 Å². The second-order valence-electron chi connectivity index (χ2n) is 7.08. The van der Waals surface area contributed by atoms with Crippen LogP contribution in [0.25, 0.3) is 11.1 Å². The molecule has 0 saturated heterocycles. The van der Waals surface area contributed by atoms with Crippen molar-refractivity contribution in [1.82, 2.24) is 5.32 Å². The molecule has 1 N–H and O–H groups in total. The van der Waals surface area contributed by atoms with Crippen LogP contribution in [0.2, 0.25) is 0 Å². The third-order valence-electron chi connectivity index (χ3n) is 5.06. The summed E-state index contributed by atoms with van der Waals surface area (Å²) < 4.78 is 0. The van der Waals surface area contributed by atoms with E-state index in [1.165, 1.54) is 39.0 Å². The molecule has 29 heavy (non-hydrogen) atoms. The minimum Gasteiger partial charge on any atom is -0.316 e. The predicted molar refractivity (Wildman–Crippen MR) is 124 cm³/mol. The van der Waals surface area contributed by atoms with Gasteiger partial charge in [-0.3, -0.25) is 0 Å². The molecular formula is C28H25N. The van der Waals surface area contributed by atoms with Gasteiger partial charge >= 0.3 is 0 Å². The molecule has 0 aliphatic heterocycles. The molecular weight excluding hydrogens is 350 g/mol. The second kappa shape index (κ2) is 9.18. The van der Waals surface area contributed by atoms with Gasteiger partial charge in [-0.25, -0.2) is 0 Å². The van der Waals surface area contributed by atoms with E-state index in [9.17, 15) is 0 Å². The Labute approximate surface area is 173 Å². The van der Waals surface area contributed by atoms with E-state index in [-0.39, 0.29) is 0 Å². The molecule has 0 amide bonds. The standard InChI is InChI=1S/C28H25N/c1-29-21-22-17-19-26(20-18-22)28(25-15-9-4-10-16-25)27(23-11-5-2-6-12-23)24-13-7-3-8-14-24/h2-20,29H,21H2,1H3. The van der Waals surface area contributed by atoms with Crippen LogP contribution in [0.4, 0.5) is 0 Å². The van der Waals surface area contributed by atoms with Gasteiger partial charge in [-0.15, -0.1) is 0 Å². The summed E-state index contributed by atoms with van der Waals surface area (Å²) in [6.45, 7) is 0.870. The fourth-order valence-electron chi connectivity index (χ4n) is 3.72. The molecule has 0 radical (unpaired) electrons. The van der Waals surface area contributed by atoms with Crippen molar-refractivity contribution >= 4 is 11.1 Å². The summed E-state index contributed by atoms with van der Waals surface area (Å²) in [7, 11) is 1.98. The van der Waals surface area contributed by atoms with E-state index in [2.05, 4.69) is 121 Å². The Morgan fingerprint density at radius 1 is 0.483 bits per heavy atom. The van der Waals surface area contributed by atoms with Crippen molar-refractivity contribution in [3.05, 3.63) is 143 Å². The lowest BCUT2D eigenvalue weighted by atomic mass is 9.85. The highest BCUT2D eigenvalue weighted by atomic mass is 14.8. The molecule has 0 aromatic heterocycles. The average molecular weight is 376 g/mol. The first-order valence-corrected chi connectivity index (χ1v) is 10.0. The Bertz CT molecular complexity index is 1020. The number of hydrogen-bond donors (Lipinski definition) is 1. The van der Waals surface area contributed by atoms with Crippen LogP contribution in [0.15, 0.2) is 115 Å². The van der Waals surface area contributed by atoms with Gasteiger partial charge in [-0.1, -0.05) is 115 Å². The summed E-state index contributed by atoms with van der Waals surface area (Å²) in [5, 5.41) is 3.23. The summed E-state index contributed by atoms with van der Waals surface area (Å²) in [6.07, 6.45) is 0. The first-order valence-electron chi connectivity index (χ1n) is 10.0. The topological polar surface area (TPSA) is 12.0 Å². The zero-order valence-corrected chi connectivity index (χ0v) is 16.7. The molecule has 0 aliphatic carbocycles. The molecule has 1 heteroatoms. The van der Waals surface area contributed by atoms with Gasteiger partial charge in [-0.2, -0.15) is 0 Å². The molecule has 142 valence electrons. The van der Waals surface area contributed by atoms with E-state index >= 15 is 0 Å². The highest BCUT2D eigenvalue weighted by Crippen LogP contribution is 2.36. The highest BCUT2D eigenvalue weighted by Gasteiger charge is 2.15.